The van der Waals surface area contributed by atoms with Gasteiger partial charge in [0.2, 0.25) is 5.91 Å². The first-order valence-corrected chi connectivity index (χ1v) is 8.46. The lowest BCUT2D eigenvalue weighted by molar-refractivity contribution is -0.115. The molecule has 6 heteroatoms. The molecule has 24 heavy (non-hydrogen) atoms. The number of carbonyl (C=O) groups is 1. The molecule has 0 saturated carbocycles. The summed E-state index contributed by atoms with van der Waals surface area (Å²) in [5, 5.41) is 6.76. The molecule has 0 aromatic heterocycles. The molecule has 0 fully saturated rings. The highest BCUT2D eigenvalue weighted by molar-refractivity contribution is 6.39. The smallest absolute Gasteiger partial charge is 0.226 e. The van der Waals surface area contributed by atoms with Crippen LogP contribution >= 0.6 is 23.2 Å². The SMILES string of the molecule is CC(C)Oc1ccc(NCCC(=O)Nc2c(Cl)cccc2Cl)cc1. The average molecular weight is 367 g/mol. The lowest BCUT2D eigenvalue weighted by atomic mass is 10.2. The van der Waals surface area contributed by atoms with E-state index >= 15 is 0 Å². The maximum Gasteiger partial charge on any atom is 0.226 e. The van der Waals surface area contributed by atoms with Gasteiger partial charge in [0.1, 0.15) is 5.75 Å². The van der Waals surface area contributed by atoms with Crippen molar-refractivity contribution >= 4 is 40.5 Å². The summed E-state index contributed by atoms with van der Waals surface area (Å²) in [4.78, 5) is 12.0. The van der Waals surface area contributed by atoms with Crippen LogP contribution in [-0.4, -0.2) is 18.6 Å². The van der Waals surface area contributed by atoms with Crippen molar-refractivity contribution in [2.75, 3.05) is 17.2 Å². The molecule has 0 atom stereocenters. The Bertz CT molecular complexity index is 668. The Morgan fingerprint density at radius 1 is 1.08 bits per heavy atom. The number of carbonyl (C=O) groups excluding carboxylic acids is 1. The highest BCUT2D eigenvalue weighted by atomic mass is 35.5. The largest absolute Gasteiger partial charge is 0.491 e. The Kier molecular flexibility index (Phi) is 6.76. The van der Waals surface area contributed by atoms with Gasteiger partial charge < -0.3 is 15.4 Å². The van der Waals surface area contributed by atoms with E-state index in [1.165, 1.54) is 0 Å². The van der Waals surface area contributed by atoms with E-state index in [-0.39, 0.29) is 12.0 Å². The van der Waals surface area contributed by atoms with Crippen LogP contribution in [0.4, 0.5) is 11.4 Å². The molecule has 0 saturated heterocycles. The Hall–Kier alpha value is -1.91. The number of para-hydroxylation sites is 1. The van der Waals surface area contributed by atoms with Crippen LogP contribution in [0.2, 0.25) is 10.0 Å². The Labute approximate surface area is 152 Å². The van der Waals surface area contributed by atoms with Gasteiger partial charge in [-0.3, -0.25) is 4.79 Å². The molecule has 2 aromatic carbocycles. The molecule has 0 bridgehead atoms. The van der Waals surface area contributed by atoms with Crippen LogP contribution in [0, 0.1) is 0 Å². The fourth-order valence-electron chi connectivity index (χ4n) is 2.06. The maximum absolute atomic E-state index is 12.0. The number of hydrogen-bond donors (Lipinski definition) is 2. The van der Waals surface area contributed by atoms with Gasteiger partial charge in [0.15, 0.2) is 0 Å². The van der Waals surface area contributed by atoms with E-state index in [9.17, 15) is 4.79 Å². The molecular weight excluding hydrogens is 347 g/mol. The highest BCUT2D eigenvalue weighted by Gasteiger charge is 2.09. The van der Waals surface area contributed by atoms with Crippen LogP contribution < -0.4 is 15.4 Å². The number of anilines is 2. The van der Waals surface area contributed by atoms with Gasteiger partial charge in [-0.15, -0.1) is 0 Å². The predicted molar refractivity (Wildman–Crippen MR) is 100 cm³/mol. The van der Waals surface area contributed by atoms with Crippen LogP contribution in [0.5, 0.6) is 5.75 Å². The van der Waals surface area contributed by atoms with Gasteiger partial charge in [-0.1, -0.05) is 29.3 Å². The van der Waals surface area contributed by atoms with Crippen molar-refractivity contribution < 1.29 is 9.53 Å². The van der Waals surface area contributed by atoms with Gasteiger partial charge in [0.25, 0.3) is 0 Å². The third-order valence-electron chi connectivity index (χ3n) is 3.13. The maximum atomic E-state index is 12.0. The van der Waals surface area contributed by atoms with Crippen molar-refractivity contribution in [2.45, 2.75) is 26.4 Å². The van der Waals surface area contributed by atoms with Crippen LogP contribution in [0.3, 0.4) is 0 Å². The third-order valence-corrected chi connectivity index (χ3v) is 3.76. The number of hydrogen-bond acceptors (Lipinski definition) is 3. The highest BCUT2D eigenvalue weighted by Crippen LogP contribution is 2.29. The van der Waals surface area contributed by atoms with E-state index < -0.39 is 0 Å². The summed E-state index contributed by atoms with van der Waals surface area (Å²) in [6, 6.07) is 12.7. The van der Waals surface area contributed by atoms with Gasteiger partial charge in [-0.25, -0.2) is 0 Å². The number of rotatable bonds is 7. The quantitative estimate of drug-likeness (QED) is 0.705. The molecule has 2 rings (SSSR count). The van der Waals surface area contributed by atoms with Crippen LogP contribution in [0.25, 0.3) is 0 Å². The molecular formula is C18H20Cl2N2O2. The van der Waals surface area contributed by atoms with Crippen LogP contribution in [0.1, 0.15) is 20.3 Å². The molecule has 0 radical (unpaired) electrons. The number of halogens is 2. The van der Waals surface area contributed by atoms with Crippen molar-refractivity contribution in [2.24, 2.45) is 0 Å². The van der Waals surface area contributed by atoms with Crippen molar-refractivity contribution in [3.8, 4) is 5.75 Å². The molecule has 0 heterocycles. The molecule has 0 aliphatic heterocycles. The topological polar surface area (TPSA) is 50.4 Å². The molecule has 0 spiro atoms. The summed E-state index contributed by atoms with van der Waals surface area (Å²) < 4.78 is 5.58. The Morgan fingerprint density at radius 3 is 2.29 bits per heavy atom. The molecule has 1 amide bonds. The first kappa shape index (κ1) is 18.4. The van der Waals surface area contributed by atoms with Gasteiger partial charge >= 0.3 is 0 Å². The van der Waals surface area contributed by atoms with E-state index in [2.05, 4.69) is 10.6 Å². The van der Waals surface area contributed by atoms with Crippen molar-refractivity contribution in [3.05, 3.63) is 52.5 Å². The average Bonchev–Trinajstić information content (AvgIpc) is 2.52. The predicted octanol–water partition coefficient (Wildman–Crippen LogP) is 5.22. The standard InChI is InChI=1S/C18H20Cl2N2O2/c1-12(2)24-14-8-6-13(7-9-14)21-11-10-17(23)22-18-15(19)4-3-5-16(18)20/h3-9,12,21H,10-11H2,1-2H3,(H,22,23). The second kappa shape index (κ2) is 8.81. The molecule has 0 aliphatic rings. The summed E-state index contributed by atoms with van der Waals surface area (Å²) in [7, 11) is 0. The molecule has 0 unspecified atom stereocenters. The van der Waals surface area contributed by atoms with Gasteiger partial charge in [0.05, 0.1) is 21.8 Å². The molecule has 2 aromatic rings. The van der Waals surface area contributed by atoms with E-state index in [1.807, 2.05) is 38.1 Å². The molecule has 128 valence electrons. The monoisotopic (exact) mass is 366 g/mol. The van der Waals surface area contributed by atoms with Crippen LogP contribution in [-0.2, 0) is 4.79 Å². The second-order valence-electron chi connectivity index (χ2n) is 5.51. The summed E-state index contributed by atoms with van der Waals surface area (Å²) in [6.07, 6.45) is 0.440. The normalized spacial score (nSPS) is 10.5. The summed E-state index contributed by atoms with van der Waals surface area (Å²) in [5.41, 5.74) is 1.37. The van der Waals surface area contributed by atoms with Gasteiger partial charge in [-0.05, 0) is 50.2 Å². The van der Waals surface area contributed by atoms with Gasteiger partial charge in [-0.2, -0.15) is 0 Å². The van der Waals surface area contributed by atoms with E-state index in [1.54, 1.807) is 18.2 Å². The number of amides is 1. The lowest BCUT2D eigenvalue weighted by Crippen LogP contribution is -2.16. The number of nitrogens with one attached hydrogen (secondary N) is 2. The fourth-order valence-corrected chi connectivity index (χ4v) is 2.55. The van der Waals surface area contributed by atoms with Gasteiger partial charge in [0, 0.05) is 18.7 Å². The Morgan fingerprint density at radius 2 is 1.71 bits per heavy atom. The van der Waals surface area contributed by atoms with E-state index in [4.69, 9.17) is 27.9 Å². The first-order chi connectivity index (χ1) is 11.5. The van der Waals surface area contributed by atoms with Crippen molar-refractivity contribution in [1.29, 1.82) is 0 Å². The minimum Gasteiger partial charge on any atom is -0.491 e. The number of ether oxygens (including phenoxy) is 1. The minimum atomic E-state index is -0.155. The number of benzene rings is 2. The first-order valence-electron chi connectivity index (χ1n) is 7.70. The molecule has 2 N–H and O–H groups in total. The Balaban J connectivity index is 1.80. The fraction of sp³-hybridized carbons (Fsp3) is 0.278. The molecule has 4 nitrogen and oxygen atoms in total. The van der Waals surface area contributed by atoms with E-state index in [0.717, 1.165) is 11.4 Å². The third kappa shape index (κ3) is 5.62. The van der Waals surface area contributed by atoms with Crippen LogP contribution in [0.15, 0.2) is 42.5 Å². The van der Waals surface area contributed by atoms with E-state index in [0.29, 0.717) is 28.7 Å². The minimum absolute atomic E-state index is 0.143. The molecule has 0 aliphatic carbocycles. The zero-order chi connectivity index (χ0) is 17.5. The second-order valence-corrected chi connectivity index (χ2v) is 6.33. The summed E-state index contributed by atoms with van der Waals surface area (Å²) >= 11 is 12.1. The van der Waals surface area contributed by atoms with Crippen molar-refractivity contribution in [1.82, 2.24) is 0 Å². The summed E-state index contributed by atoms with van der Waals surface area (Å²) in [5.74, 6) is 0.666. The zero-order valence-electron chi connectivity index (χ0n) is 13.6. The summed E-state index contributed by atoms with van der Waals surface area (Å²) in [6.45, 7) is 4.46. The zero-order valence-corrected chi connectivity index (χ0v) is 15.1. The lowest BCUT2D eigenvalue weighted by Gasteiger charge is -2.12. The van der Waals surface area contributed by atoms with Crippen molar-refractivity contribution in [3.63, 3.8) is 0 Å².